The Morgan fingerprint density at radius 2 is 1.76 bits per heavy atom. The number of hydrogen-bond donors (Lipinski definition) is 2. The molecular weight excluding hydrogens is 507 g/mol. The Hall–Kier alpha value is -4.13. The second-order valence-corrected chi connectivity index (χ2v) is 10.4. The second-order valence-electron chi connectivity index (χ2n) is 8.66. The molecule has 1 heterocycles. The fraction of sp³-hybridized carbons (Fsp3) is 0.207. The molecule has 38 heavy (non-hydrogen) atoms. The van der Waals surface area contributed by atoms with Crippen LogP contribution in [-0.4, -0.2) is 36.7 Å². The standard InChI is InChI=1S/C29H27FN2O5S/c1-3-4-17-37-22-13-15-23(16-14-22)38(35,36)31-27(29(33)34)18-25-20(2)32(28-12-8-6-10-24(25)28)19-21-9-5-7-11-26(21)30/h5-16,27,31H,17-19H2,1-2H3,(H,33,34)/t27-/m0/s1. The number of ether oxygens (including phenoxy) is 1. The predicted molar refractivity (Wildman–Crippen MR) is 143 cm³/mol. The lowest BCUT2D eigenvalue weighted by atomic mass is 10.0. The van der Waals surface area contributed by atoms with Crippen LogP contribution in [0.4, 0.5) is 4.39 Å². The molecule has 0 spiro atoms. The van der Waals surface area contributed by atoms with E-state index in [1.165, 1.54) is 30.3 Å². The summed E-state index contributed by atoms with van der Waals surface area (Å²) >= 11 is 0. The Labute approximate surface area is 220 Å². The lowest BCUT2D eigenvalue weighted by molar-refractivity contribution is -0.138. The summed E-state index contributed by atoms with van der Waals surface area (Å²) in [6.07, 6.45) is -0.0952. The van der Waals surface area contributed by atoms with Crippen LogP contribution in [0.5, 0.6) is 5.75 Å². The topological polar surface area (TPSA) is 97.6 Å². The fourth-order valence-corrected chi connectivity index (χ4v) is 5.50. The number of rotatable bonds is 10. The van der Waals surface area contributed by atoms with Gasteiger partial charge in [0.2, 0.25) is 10.0 Å². The Balaban J connectivity index is 1.62. The summed E-state index contributed by atoms with van der Waals surface area (Å²) < 4.78 is 50.2. The number of carbonyl (C=O) groups is 1. The first-order valence-electron chi connectivity index (χ1n) is 11.9. The van der Waals surface area contributed by atoms with Crippen molar-refractivity contribution in [2.45, 2.75) is 37.8 Å². The predicted octanol–water partition coefficient (Wildman–Crippen LogP) is 4.51. The van der Waals surface area contributed by atoms with E-state index in [-0.39, 0.29) is 30.3 Å². The molecule has 2 N–H and O–H groups in total. The van der Waals surface area contributed by atoms with Crippen LogP contribution in [0.3, 0.4) is 0 Å². The minimum absolute atomic E-state index is 0.0867. The van der Waals surface area contributed by atoms with Gasteiger partial charge in [-0.05, 0) is 55.8 Å². The molecule has 9 heteroatoms. The average Bonchev–Trinajstić information content (AvgIpc) is 3.16. The first kappa shape index (κ1) is 26.9. The molecule has 0 unspecified atom stereocenters. The number of nitrogens with zero attached hydrogens (tertiary/aromatic N) is 1. The number of aliphatic carboxylic acids is 1. The van der Waals surface area contributed by atoms with Gasteiger partial charge in [0.15, 0.2) is 0 Å². The summed E-state index contributed by atoms with van der Waals surface area (Å²) in [5.74, 6) is 4.25. The first-order chi connectivity index (χ1) is 18.2. The van der Waals surface area contributed by atoms with E-state index in [1.54, 1.807) is 25.1 Å². The Morgan fingerprint density at radius 1 is 1.08 bits per heavy atom. The van der Waals surface area contributed by atoms with Gasteiger partial charge in [0.1, 0.15) is 24.2 Å². The molecule has 0 saturated heterocycles. The Kier molecular flexibility index (Phi) is 8.15. The van der Waals surface area contributed by atoms with Crippen LogP contribution in [0.2, 0.25) is 0 Å². The molecule has 4 rings (SSSR count). The van der Waals surface area contributed by atoms with Gasteiger partial charge in [0, 0.05) is 28.6 Å². The maximum Gasteiger partial charge on any atom is 0.322 e. The monoisotopic (exact) mass is 534 g/mol. The number of aromatic nitrogens is 1. The van der Waals surface area contributed by atoms with Crippen molar-refractivity contribution < 1.29 is 27.4 Å². The quantitative estimate of drug-likeness (QED) is 0.292. The number of fused-ring (bicyclic) bond motifs is 1. The number of halogens is 1. The van der Waals surface area contributed by atoms with Gasteiger partial charge in [0.25, 0.3) is 0 Å². The van der Waals surface area contributed by atoms with E-state index in [9.17, 15) is 22.7 Å². The molecule has 0 aliphatic heterocycles. The minimum atomic E-state index is -4.15. The second kappa shape index (κ2) is 11.5. The summed E-state index contributed by atoms with van der Waals surface area (Å²) in [5, 5.41) is 10.7. The molecule has 1 aromatic heterocycles. The largest absolute Gasteiger partial charge is 0.481 e. The van der Waals surface area contributed by atoms with Crippen LogP contribution in [0.1, 0.15) is 23.7 Å². The highest BCUT2D eigenvalue weighted by atomic mass is 32.2. The summed E-state index contributed by atoms with van der Waals surface area (Å²) in [7, 11) is -4.15. The zero-order chi connectivity index (χ0) is 27.3. The van der Waals surface area contributed by atoms with Crippen molar-refractivity contribution in [2.24, 2.45) is 0 Å². The maximum absolute atomic E-state index is 14.4. The third-order valence-corrected chi connectivity index (χ3v) is 7.76. The normalized spacial score (nSPS) is 12.1. The number of benzene rings is 3. The molecule has 1 atom stereocenters. The molecule has 3 aromatic carbocycles. The molecular formula is C29H27FN2O5S. The smallest absolute Gasteiger partial charge is 0.322 e. The van der Waals surface area contributed by atoms with E-state index < -0.39 is 22.0 Å². The van der Waals surface area contributed by atoms with E-state index in [1.807, 2.05) is 35.8 Å². The van der Waals surface area contributed by atoms with E-state index in [2.05, 4.69) is 16.6 Å². The van der Waals surface area contributed by atoms with Gasteiger partial charge >= 0.3 is 5.97 Å². The van der Waals surface area contributed by atoms with E-state index >= 15 is 0 Å². The van der Waals surface area contributed by atoms with Crippen molar-refractivity contribution in [1.29, 1.82) is 0 Å². The summed E-state index contributed by atoms with van der Waals surface area (Å²) in [6, 6.07) is 18.1. The lowest BCUT2D eigenvalue weighted by Crippen LogP contribution is -2.42. The van der Waals surface area contributed by atoms with Crippen LogP contribution in [0, 0.1) is 24.6 Å². The van der Waals surface area contributed by atoms with Crippen molar-refractivity contribution in [3.8, 4) is 17.6 Å². The van der Waals surface area contributed by atoms with Crippen molar-refractivity contribution in [3.05, 3.63) is 95.4 Å². The third kappa shape index (κ3) is 5.88. The zero-order valence-electron chi connectivity index (χ0n) is 20.9. The number of hydrogen-bond acceptors (Lipinski definition) is 4. The van der Waals surface area contributed by atoms with Crippen molar-refractivity contribution in [3.63, 3.8) is 0 Å². The highest BCUT2D eigenvalue weighted by Gasteiger charge is 2.28. The zero-order valence-corrected chi connectivity index (χ0v) is 21.8. The average molecular weight is 535 g/mol. The summed E-state index contributed by atoms with van der Waals surface area (Å²) in [6.45, 7) is 3.93. The van der Waals surface area contributed by atoms with Crippen LogP contribution >= 0.6 is 0 Å². The molecule has 4 aromatic rings. The SMILES string of the molecule is CC#CCOc1ccc(S(=O)(=O)N[C@@H](Cc2c(C)n(Cc3ccccc3F)c3ccccc23)C(=O)O)cc1. The molecule has 0 aliphatic carbocycles. The number of carboxylic acids is 1. The minimum Gasteiger partial charge on any atom is -0.481 e. The van der Waals surface area contributed by atoms with Gasteiger partial charge < -0.3 is 14.4 Å². The molecule has 7 nitrogen and oxygen atoms in total. The molecule has 0 amide bonds. The Bertz CT molecular complexity index is 1630. The van der Waals surface area contributed by atoms with Gasteiger partial charge in [-0.15, -0.1) is 5.92 Å². The van der Waals surface area contributed by atoms with Gasteiger partial charge in [-0.25, -0.2) is 12.8 Å². The maximum atomic E-state index is 14.4. The van der Waals surface area contributed by atoms with Crippen LogP contribution < -0.4 is 9.46 Å². The fourth-order valence-electron chi connectivity index (χ4n) is 4.31. The summed E-state index contributed by atoms with van der Waals surface area (Å²) in [4.78, 5) is 12.1. The van der Waals surface area contributed by atoms with Crippen molar-refractivity contribution in [2.75, 3.05) is 6.61 Å². The number of nitrogens with one attached hydrogen (secondary N) is 1. The molecule has 196 valence electrons. The first-order valence-corrected chi connectivity index (χ1v) is 13.4. The lowest BCUT2D eigenvalue weighted by Gasteiger charge is -2.16. The van der Waals surface area contributed by atoms with Crippen LogP contribution in [0.15, 0.2) is 77.7 Å². The number of carboxylic acid groups (broad SMARTS) is 1. The van der Waals surface area contributed by atoms with E-state index in [0.717, 1.165) is 16.6 Å². The highest BCUT2D eigenvalue weighted by molar-refractivity contribution is 7.89. The third-order valence-electron chi connectivity index (χ3n) is 6.27. The van der Waals surface area contributed by atoms with Crippen molar-refractivity contribution in [1.82, 2.24) is 9.29 Å². The van der Waals surface area contributed by atoms with Gasteiger partial charge in [-0.2, -0.15) is 4.72 Å². The number of para-hydroxylation sites is 1. The molecule has 0 radical (unpaired) electrons. The van der Waals surface area contributed by atoms with E-state index in [0.29, 0.717) is 16.9 Å². The van der Waals surface area contributed by atoms with E-state index in [4.69, 9.17) is 4.74 Å². The molecule has 0 saturated carbocycles. The number of sulfonamides is 1. The summed E-state index contributed by atoms with van der Waals surface area (Å²) in [5.41, 5.74) is 2.70. The van der Waals surface area contributed by atoms with Gasteiger partial charge in [0.05, 0.1) is 11.4 Å². The van der Waals surface area contributed by atoms with Crippen LogP contribution in [-0.2, 0) is 27.8 Å². The van der Waals surface area contributed by atoms with Crippen LogP contribution in [0.25, 0.3) is 10.9 Å². The van der Waals surface area contributed by atoms with Gasteiger partial charge in [-0.1, -0.05) is 42.3 Å². The van der Waals surface area contributed by atoms with Gasteiger partial charge in [-0.3, -0.25) is 4.79 Å². The molecule has 0 aliphatic rings. The highest BCUT2D eigenvalue weighted by Crippen LogP contribution is 2.29. The van der Waals surface area contributed by atoms with Crippen molar-refractivity contribution >= 4 is 26.9 Å². The molecule has 0 fully saturated rings. The Morgan fingerprint density at radius 3 is 2.45 bits per heavy atom. The molecule has 0 bridgehead atoms.